The number of rotatable bonds is 7. The number of carbonyl (C=O) groups excluding carboxylic acids is 1. The Hall–Kier alpha value is -2.77. The van der Waals surface area contributed by atoms with Gasteiger partial charge in [0.1, 0.15) is 0 Å². The normalized spacial score (nSPS) is 10.6. The topological polar surface area (TPSA) is 83.5 Å². The van der Waals surface area contributed by atoms with Crippen LogP contribution in [0.1, 0.15) is 10.4 Å². The van der Waals surface area contributed by atoms with Crippen molar-refractivity contribution in [2.45, 2.75) is 13.3 Å². The number of nitrogens with zero attached hydrogens (tertiary/aromatic N) is 1. The Morgan fingerprint density at radius 1 is 1.18 bits per heavy atom. The minimum absolute atomic E-state index is 0.238. The third-order valence-electron chi connectivity index (χ3n) is 4.08. The van der Waals surface area contributed by atoms with Crippen LogP contribution in [0, 0.1) is 6.92 Å². The molecule has 0 spiro atoms. The van der Waals surface area contributed by atoms with Gasteiger partial charge in [-0.15, -0.1) is 11.3 Å². The maximum absolute atomic E-state index is 11.2. The van der Waals surface area contributed by atoms with E-state index in [1.807, 2.05) is 25.1 Å². The lowest BCUT2D eigenvalue weighted by Gasteiger charge is -2.09. The van der Waals surface area contributed by atoms with Crippen LogP contribution in [0.4, 0.5) is 10.8 Å². The van der Waals surface area contributed by atoms with E-state index in [2.05, 4.69) is 10.3 Å². The lowest BCUT2D eigenvalue weighted by Crippen LogP contribution is -2.24. The highest BCUT2D eigenvalue weighted by Gasteiger charge is 2.16. The summed E-state index contributed by atoms with van der Waals surface area (Å²) in [5.41, 5.74) is 3.01. The zero-order valence-corrected chi connectivity index (χ0v) is 17.1. The second-order valence-corrected chi connectivity index (χ2v) is 7.49. The fourth-order valence-electron chi connectivity index (χ4n) is 2.66. The van der Waals surface area contributed by atoms with Crippen LogP contribution in [0.15, 0.2) is 36.4 Å². The number of methoxy groups -OCH3 is 2. The average molecular weight is 418 g/mol. The summed E-state index contributed by atoms with van der Waals surface area (Å²) < 4.78 is 10.6. The minimum Gasteiger partial charge on any atom is -0.550 e. The lowest BCUT2D eigenvalue weighted by molar-refractivity contribution is -0.304. The molecule has 6 nitrogen and oxygen atoms in total. The van der Waals surface area contributed by atoms with Gasteiger partial charge in [-0.3, -0.25) is 0 Å². The molecule has 0 radical (unpaired) electrons. The van der Waals surface area contributed by atoms with E-state index in [0.717, 1.165) is 16.8 Å². The van der Waals surface area contributed by atoms with Crippen LogP contribution in [0.5, 0.6) is 11.5 Å². The molecule has 1 N–H and O–H groups in total. The smallest absolute Gasteiger partial charge is 0.187 e. The van der Waals surface area contributed by atoms with Gasteiger partial charge in [-0.2, -0.15) is 0 Å². The van der Waals surface area contributed by atoms with Gasteiger partial charge >= 0.3 is 0 Å². The molecule has 0 aliphatic rings. The number of halogens is 1. The molecule has 0 bridgehead atoms. The van der Waals surface area contributed by atoms with Gasteiger partial charge in [0, 0.05) is 33.5 Å². The number of carboxylic acid groups (broad SMARTS) is 1. The number of aryl methyl sites for hydroxylation is 1. The van der Waals surface area contributed by atoms with Crippen molar-refractivity contribution in [3.8, 4) is 22.8 Å². The first-order chi connectivity index (χ1) is 13.4. The number of aromatic nitrogens is 1. The fraction of sp³-hybridized carbons (Fsp3) is 0.200. The predicted octanol–water partition coefficient (Wildman–Crippen LogP) is 3.83. The van der Waals surface area contributed by atoms with Crippen molar-refractivity contribution in [2.24, 2.45) is 0 Å². The highest BCUT2D eigenvalue weighted by molar-refractivity contribution is 7.16. The molecule has 3 rings (SSSR count). The largest absolute Gasteiger partial charge is 0.550 e. The number of hydrogen-bond donors (Lipinski definition) is 1. The van der Waals surface area contributed by atoms with Gasteiger partial charge in [-0.25, -0.2) is 4.98 Å². The molecule has 28 heavy (non-hydrogen) atoms. The number of carbonyl (C=O) groups is 1. The summed E-state index contributed by atoms with van der Waals surface area (Å²) in [6, 6.07) is 10.9. The van der Waals surface area contributed by atoms with Crippen LogP contribution >= 0.6 is 22.9 Å². The highest BCUT2D eigenvalue weighted by atomic mass is 35.5. The lowest BCUT2D eigenvalue weighted by atomic mass is 10.1. The Balaban J connectivity index is 2.00. The highest BCUT2D eigenvalue weighted by Crippen LogP contribution is 2.37. The molecule has 1 aromatic heterocycles. The fourth-order valence-corrected chi connectivity index (χ4v) is 3.83. The van der Waals surface area contributed by atoms with Crippen LogP contribution in [0.2, 0.25) is 5.02 Å². The molecular formula is C20H18ClN2O4S-. The standard InChI is InChI=1S/C20H19ClN2O4S/c1-11-4-6-13(9-14(11)21)22-20-23-19(17(28-20)10-18(24)25)12-5-7-15(26-2)16(8-12)27-3/h4-9H,10H2,1-3H3,(H,22,23)(H,24,25)/p-1. The number of ether oxygens (including phenoxy) is 2. The predicted molar refractivity (Wildman–Crippen MR) is 109 cm³/mol. The van der Waals surface area contributed by atoms with Gasteiger partial charge in [0.25, 0.3) is 0 Å². The Labute approximate surface area is 171 Å². The third kappa shape index (κ3) is 4.37. The van der Waals surface area contributed by atoms with Gasteiger partial charge in [-0.1, -0.05) is 17.7 Å². The summed E-state index contributed by atoms with van der Waals surface area (Å²) in [4.78, 5) is 16.4. The number of anilines is 2. The summed E-state index contributed by atoms with van der Waals surface area (Å²) in [6.45, 7) is 1.92. The van der Waals surface area contributed by atoms with Crippen LogP contribution < -0.4 is 19.9 Å². The van der Waals surface area contributed by atoms with E-state index in [4.69, 9.17) is 21.1 Å². The van der Waals surface area contributed by atoms with E-state index in [0.29, 0.717) is 32.2 Å². The summed E-state index contributed by atoms with van der Waals surface area (Å²) in [6.07, 6.45) is -0.238. The van der Waals surface area contributed by atoms with Crippen molar-refractivity contribution in [3.05, 3.63) is 51.9 Å². The Morgan fingerprint density at radius 3 is 2.57 bits per heavy atom. The molecule has 0 amide bonds. The molecule has 3 aromatic rings. The van der Waals surface area contributed by atoms with Crippen molar-refractivity contribution >= 4 is 39.7 Å². The van der Waals surface area contributed by atoms with Crippen molar-refractivity contribution in [2.75, 3.05) is 19.5 Å². The molecule has 0 unspecified atom stereocenters. The second kappa shape index (κ2) is 8.50. The van der Waals surface area contributed by atoms with E-state index >= 15 is 0 Å². The first-order valence-electron chi connectivity index (χ1n) is 8.36. The summed E-state index contributed by atoms with van der Waals surface area (Å²) in [7, 11) is 3.09. The number of hydrogen-bond acceptors (Lipinski definition) is 7. The zero-order chi connectivity index (χ0) is 20.3. The number of nitrogens with one attached hydrogen (secondary N) is 1. The zero-order valence-electron chi connectivity index (χ0n) is 15.5. The monoisotopic (exact) mass is 417 g/mol. The van der Waals surface area contributed by atoms with E-state index < -0.39 is 5.97 Å². The van der Waals surface area contributed by atoms with Gasteiger partial charge in [0.05, 0.1) is 19.9 Å². The number of carboxylic acids is 1. The average Bonchev–Trinajstić information content (AvgIpc) is 3.05. The Bertz CT molecular complexity index is 1020. The van der Waals surface area contributed by atoms with Gasteiger partial charge < -0.3 is 24.7 Å². The molecule has 0 aliphatic heterocycles. The Kier molecular flexibility index (Phi) is 6.06. The maximum Gasteiger partial charge on any atom is 0.187 e. The number of benzene rings is 2. The van der Waals surface area contributed by atoms with Crippen molar-refractivity contribution < 1.29 is 19.4 Å². The maximum atomic E-state index is 11.2. The SMILES string of the molecule is COc1ccc(-c2nc(Nc3ccc(C)c(Cl)c3)sc2CC(=O)[O-])cc1OC. The second-order valence-electron chi connectivity index (χ2n) is 6.00. The molecule has 0 saturated carbocycles. The van der Waals surface area contributed by atoms with E-state index in [1.54, 1.807) is 32.4 Å². The summed E-state index contributed by atoms with van der Waals surface area (Å²) >= 11 is 7.43. The van der Waals surface area contributed by atoms with Crippen LogP contribution in [0.25, 0.3) is 11.3 Å². The van der Waals surface area contributed by atoms with Crippen molar-refractivity contribution in [1.82, 2.24) is 4.98 Å². The first-order valence-corrected chi connectivity index (χ1v) is 9.56. The van der Waals surface area contributed by atoms with Crippen LogP contribution in [-0.4, -0.2) is 25.2 Å². The van der Waals surface area contributed by atoms with Crippen molar-refractivity contribution in [3.63, 3.8) is 0 Å². The molecule has 0 fully saturated rings. The summed E-state index contributed by atoms with van der Waals surface area (Å²) in [5, 5.41) is 15.6. The van der Waals surface area contributed by atoms with E-state index in [9.17, 15) is 9.90 Å². The molecular weight excluding hydrogens is 400 g/mol. The number of thiazole rings is 1. The molecule has 0 saturated heterocycles. The Morgan fingerprint density at radius 2 is 1.93 bits per heavy atom. The number of aliphatic carboxylic acids is 1. The molecule has 0 aliphatic carbocycles. The van der Waals surface area contributed by atoms with Gasteiger partial charge in [-0.05, 0) is 42.8 Å². The quantitative estimate of drug-likeness (QED) is 0.629. The minimum atomic E-state index is -1.17. The molecule has 146 valence electrons. The molecule has 1 heterocycles. The van der Waals surface area contributed by atoms with Crippen LogP contribution in [0.3, 0.4) is 0 Å². The van der Waals surface area contributed by atoms with E-state index in [-0.39, 0.29) is 6.42 Å². The summed E-state index contributed by atoms with van der Waals surface area (Å²) in [5.74, 6) is -0.0573. The first kappa shape index (κ1) is 20.0. The molecule has 0 atom stereocenters. The van der Waals surface area contributed by atoms with Gasteiger partial charge in [0.15, 0.2) is 16.6 Å². The van der Waals surface area contributed by atoms with Crippen LogP contribution in [-0.2, 0) is 11.2 Å². The third-order valence-corrected chi connectivity index (χ3v) is 5.46. The van der Waals surface area contributed by atoms with Gasteiger partial charge in [0.2, 0.25) is 0 Å². The van der Waals surface area contributed by atoms with E-state index in [1.165, 1.54) is 11.3 Å². The van der Waals surface area contributed by atoms with Crippen molar-refractivity contribution in [1.29, 1.82) is 0 Å². The molecule has 8 heteroatoms. The molecule has 2 aromatic carbocycles.